The number of carbonyl (C=O) groups excluding carboxylic acids is 3. The minimum atomic E-state index is -1.17. The largest absolute Gasteiger partial charge is 0.359 e. The Bertz CT molecular complexity index is 1260. The summed E-state index contributed by atoms with van der Waals surface area (Å²) in [7, 11) is 0. The van der Waals surface area contributed by atoms with Crippen LogP contribution in [-0.4, -0.2) is 57.6 Å². The number of hydrogen-bond acceptors (Lipinski definition) is 6. The van der Waals surface area contributed by atoms with E-state index in [9.17, 15) is 14.4 Å². The topological polar surface area (TPSA) is 101 Å². The lowest BCUT2D eigenvalue weighted by molar-refractivity contribution is -0.142. The Hall–Kier alpha value is -3.17. The average molecular weight is 533 g/mol. The van der Waals surface area contributed by atoms with E-state index < -0.39 is 29.6 Å². The van der Waals surface area contributed by atoms with Crippen LogP contribution in [0.4, 0.5) is 5.69 Å². The third-order valence-electron chi connectivity index (χ3n) is 8.29. The molecule has 1 spiro atoms. The van der Waals surface area contributed by atoms with Gasteiger partial charge in [0.05, 0.1) is 17.9 Å². The Kier molecular flexibility index (Phi) is 6.74. The quantitative estimate of drug-likeness (QED) is 0.418. The Balaban J connectivity index is 1.31. The molecule has 1 saturated carbocycles. The van der Waals surface area contributed by atoms with Gasteiger partial charge in [0.1, 0.15) is 11.6 Å². The number of ether oxygens (including phenoxy) is 1. The molecule has 0 radical (unpaired) electrons. The van der Waals surface area contributed by atoms with Gasteiger partial charge in [-0.1, -0.05) is 43.5 Å². The van der Waals surface area contributed by atoms with Gasteiger partial charge in [0.25, 0.3) is 0 Å². The van der Waals surface area contributed by atoms with Crippen LogP contribution in [0, 0.1) is 11.8 Å². The van der Waals surface area contributed by atoms with E-state index in [0.717, 1.165) is 36.1 Å². The van der Waals surface area contributed by atoms with Crippen LogP contribution in [-0.2, 0) is 25.7 Å². The van der Waals surface area contributed by atoms with Gasteiger partial charge in [-0.25, -0.2) is 0 Å². The van der Waals surface area contributed by atoms with E-state index in [1.807, 2.05) is 54.8 Å². The summed E-state index contributed by atoms with van der Waals surface area (Å²) in [5.74, 6) is -2.22. The zero-order chi connectivity index (χ0) is 26.3. The van der Waals surface area contributed by atoms with Crippen molar-refractivity contribution >= 4 is 35.2 Å². The van der Waals surface area contributed by atoms with E-state index in [2.05, 4.69) is 15.6 Å². The van der Waals surface area contributed by atoms with Crippen LogP contribution in [0.1, 0.15) is 37.7 Å². The van der Waals surface area contributed by atoms with Crippen molar-refractivity contribution in [1.82, 2.24) is 15.2 Å². The summed E-state index contributed by atoms with van der Waals surface area (Å²) in [6.45, 7) is 0.222. The summed E-state index contributed by atoms with van der Waals surface area (Å²) in [6.07, 6.45) is 13.7. The SMILES string of the molecule is CSc1cccc(NC(=O)[C@@H]2[C@@H]3C=C[C@]4(O3)[C@@H]2C(=O)N(Cc2cccnc2)[C@H]4C(=O)NC2CCCCC2)c1. The molecule has 1 aromatic carbocycles. The van der Waals surface area contributed by atoms with Crippen LogP contribution >= 0.6 is 11.8 Å². The zero-order valence-corrected chi connectivity index (χ0v) is 22.2. The molecule has 198 valence electrons. The van der Waals surface area contributed by atoms with Gasteiger partial charge < -0.3 is 20.3 Å². The smallest absolute Gasteiger partial charge is 0.246 e. The molecule has 2 saturated heterocycles. The maximum absolute atomic E-state index is 14.1. The van der Waals surface area contributed by atoms with Crippen LogP contribution in [0.25, 0.3) is 0 Å². The van der Waals surface area contributed by atoms with Crippen LogP contribution < -0.4 is 10.6 Å². The van der Waals surface area contributed by atoms with Crippen LogP contribution in [0.5, 0.6) is 0 Å². The standard InChI is InChI=1S/C29H32N4O4S/c1-38-21-11-5-10-20(15-21)32-26(34)23-22-12-13-29(37-22)24(23)28(36)33(17-18-7-6-14-30-16-18)25(29)27(35)31-19-8-3-2-4-9-19/h5-7,10-16,19,22-25H,2-4,8-9,17H2,1H3,(H,31,35)(H,32,34)/t22-,23+,24-,25-,29-/m0/s1. The second-order valence-corrected chi connectivity index (χ2v) is 11.5. The van der Waals surface area contributed by atoms with Crippen LogP contribution in [0.3, 0.4) is 0 Å². The van der Waals surface area contributed by atoms with Gasteiger partial charge >= 0.3 is 0 Å². The average Bonchev–Trinajstić information content (AvgIpc) is 3.57. The molecule has 4 aliphatic rings. The number of carbonyl (C=O) groups is 3. The van der Waals surface area contributed by atoms with Crippen molar-refractivity contribution < 1.29 is 19.1 Å². The van der Waals surface area contributed by atoms with Gasteiger partial charge in [-0.15, -0.1) is 11.8 Å². The number of fused-ring (bicyclic) bond motifs is 1. The molecule has 8 nitrogen and oxygen atoms in total. The van der Waals surface area contributed by atoms with Gasteiger partial charge in [0, 0.05) is 35.6 Å². The highest BCUT2D eigenvalue weighted by molar-refractivity contribution is 7.98. The third-order valence-corrected chi connectivity index (χ3v) is 9.01. The fraction of sp³-hybridized carbons (Fsp3) is 0.448. The lowest BCUT2D eigenvalue weighted by atomic mass is 9.74. The van der Waals surface area contributed by atoms with Crippen molar-refractivity contribution in [1.29, 1.82) is 0 Å². The first kappa shape index (κ1) is 25.1. The monoisotopic (exact) mass is 532 g/mol. The van der Waals surface area contributed by atoms with E-state index in [-0.39, 0.29) is 30.3 Å². The summed E-state index contributed by atoms with van der Waals surface area (Å²) in [5.41, 5.74) is 0.319. The number of anilines is 1. The first-order chi connectivity index (χ1) is 18.5. The molecule has 2 bridgehead atoms. The number of amides is 3. The Morgan fingerprint density at radius 2 is 2.00 bits per heavy atom. The molecular formula is C29H32N4O4S. The summed E-state index contributed by atoms with van der Waals surface area (Å²) in [5, 5.41) is 6.22. The van der Waals surface area contributed by atoms with Gasteiger partial charge in [-0.3, -0.25) is 19.4 Å². The minimum absolute atomic E-state index is 0.0902. The molecule has 6 rings (SSSR count). The molecule has 3 amide bonds. The number of benzene rings is 1. The summed E-state index contributed by atoms with van der Waals surface area (Å²) < 4.78 is 6.45. The fourth-order valence-electron chi connectivity index (χ4n) is 6.58. The number of nitrogens with one attached hydrogen (secondary N) is 2. The van der Waals surface area contributed by atoms with Crippen molar-refractivity contribution in [2.45, 2.75) is 67.3 Å². The molecule has 4 heterocycles. The fourth-order valence-corrected chi connectivity index (χ4v) is 7.04. The van der Waals surface area contributed by atoms with Crippen LogP contribution in [0.2, 0.25) is 0 Å². The maximum Gasteiger partial charge on any atom is 0.246 e. The molecule has 2 aromatic rings. The van der Waals surface area contributed by atoms with E-state index in [1.54, 1.807) is 29.1 Å². The van der Waals surface area contributed by atoms with Gasteiger partial charge in [0.2, 0.25) is 17.7 Å². The number of likely N-dealkylation sites (tertiary alicyclic amines) is 1. The molecule has 1 aliphatic carbocycles. The first-order valence-electron chi connectivity index (χ1n) is 13.3. The van der Waals surface area contributed by atoms with Gasteiger partial charge in [0.15, 0.2) is 0 Å². The van der Waals surface area contributed by atoms with Gasteiger partial charge in [-0.2, -0.15) is 0 Å². The summed E-state index contributed by atoms with van der Waals surface area (Å²) >= 11 is 1.59. The minimum Gasteiger partial charge on any atom is -0.359 e. The lowest BCUT2D eigenvalue weighted by Gasteiger charge is -2.34. The highest BCUT2D eigenvalue weighted by Crippen LogP contribution is 2.55. The third kappa shape index (κ3) is 4.31. The van der Waals surface area contributed by atoms with Crippen molar-refractivity contribution in [2.24, 2.45) is 11.8 Å². The molecule has 1 aromatic heterocycles. The van der Waals surface area contributed by atoms with Crippen molar-refractivity contribution in [3.05, 3.63) is 66.5 Å². The van der Waals surface area contributed by atoms with Crippen molar-refractivity contribution in [2.75, 3.05) is 11.6 Å². The molecule has 3 aliphatic heterocycles. The molecule has 2 N–H and O–H groups in total. The second kappa shape index (κ2) is 10.2. The Morgan fingerprint density at radius 1 is 1.16 bits per heavy atom. The van der Waals surface area contributed by atoms with E-state index in [0.29, 0.717) is 5.69 Å². The van der Waals surface area contributed by atoms with Crippen LogP contribution in [0.15, 0.2) is 65.8 Å². The summed E-state index contributed by atoms with van der Waals surface area (Å²) in [6, 6.07) is 10.5. The van der Waals surface area contributed by atoms with Gasteiger partial charge in [-0.05, 0) is 48.9 Å². The molecule has 3 fully saturated rings. The van der Waals surface area contributed by atoms with E-state index in [4.69, 9.17) is 4.74 Å². The Labute approximate surface area is 226 Å². The number of thioether (sulfide) groups is 1. The van der Waals surface area contributed by atoms with E-state index >= 15 is 0 Å². The molecule has 38 heavy (non-hydrogen) atoms. The molecule has 5 atom stereocenters. The molecular weight excluding hydrogens is 500 g/mol. The van der Waals surface area contributed by atoms with Crippen molar-refractivity contribution in [3.63, 3.8) is 0 Å². The maximum atomic E-state index is 14.1. The molecule has 9 heteroatoms. The highest BCUT2D eigenvalue weighted by atomic mass is 32.2. The summed E-state index contributed by atoms with van der Waals surface area (Å²) in [4.78, 5) is 48.4. The zero-order valence-electron chi connectivity index (χ0n) is 21.3. The normalized spacial score (nSPS) is 29.9. The first-order valence-corrected chi connectivity index (χ1v) is 14.5. The van der Waals surface area contributed by atoms with Crippen molar-refractivity contribution in [3.8, 4) is 0 Å². The number of rotatable bonds is 7. The predicted molar refractivity (Wildman–Crippen MR) is 144 cm³/mol. The number of hydrogen-bond donors (Lipinski definition) is 2. The number of nitrogens with zero attached hydrogens (tertiary/aromatic N) is 2. The lowest BCUT2D eigenvalue weighted by Crippen LogP contribution is -2.56. The van der Waals surface area contributed by atoms with E-state index in [1.165, 1.54) is 6.42 Å². The second-order valence-electron chi connectivity index (χ2n) is 10.6. The predicted octanol–water partition coefficient (Wildman–Crippen LogP) is 3.54. The number of aromatic nitrogens is 1. The Morgan fingerprint density at radius 3 is 2.76 bits per heavy atom. The highest BCUT2D eigenvalue weighted by Gasteiger charge is 2.72. The molecule has 0 unspecified atom stereocenters. The number of pyridine rings is 1.